The van der Waals surface area contributed by atoms with Gasteiger partial charge < -0.3 is 5.32 Å². The molecular formula is C20H17F3N4O3. The highest BCUT2D eigenvalue weighted by atomic mass is 19.4. The van der Waals surface area contributed by atoms with Crippen molar-refractivity contribution in [3.05, 3.63) is 86.6 Å². The number of hydrogen-bond acceptors (Lipinski definition) is 4. The molecule has 0 fully saturated rings. The third kappa shape index (κ3) is 4.65. The summed E-state index contributed by atoms with van der Waals surface area (Å²) in [5.74, 6) is -0.280. The Morgan fingerprint density at radius 1 is 1.17 bits per heavy atom. The molecule has 3 aromatic rings. The largest absolute Gasteiger partial charge is 0.416 e. The topological polar surface area (TPSA) is 90.1 Å². The molecule has 1 N–H and O–H groups in total. The summed E-state index contributed by atoms with van der Waals surface area (Å²) in [6.07, 6.45) is -4.43. The Morgan fingerprint density at radius 2 is 1.90 bits per heavy atom. The number of hydrogen-bond donors (Lipinski definition) is 1. The second kappa shape index (κ2) is 7.97. The van der Waals surface area contributed by atoms with Crippen molar-refractivity contribution in [3.63, 3.8) is 0 Å². The Morgan fingerprint density at radius 3 is 2.53 bits per heavy atom. The van der Waals surface area contributed by atoms with Crippen molar-refractivity contribution in [1.82, 2.24) is 9.78 Å². The zero-order valence-corrected chi connectivity index (χ0v) is 16.0. The van der Waals surface area contributed by atoms with Crippen molar-refractivity contribution in [2.75, 3.05) is 5.32 Å². The van der Waals surface area contributed by atoms with Crippen LogP contribution >= 0.6 is 0 Å². The third-order valence-electron chi connectivity index (χ3n) is 4.47. The van der Waals surface area contributed by atoms with Crippen LogP contribution < -0.4 is 5.32 Å². The number of anilines is 1. The van der Waals surface area contributed by atoms with Crippen LogP contribution in [0.5, 0.6) is 0 Å². The number of benzene rings is 2. The lowest BCUT2D eigenvalue weighted by Crippen LogP contribution is -2.13. The molecule has 0 bridgehead atoms. The number of nitrogens with one attached hydrogen (secondary N) is 1. The predicted octanol–water partition coefficient (Wildman–Crippen LogP) is 4.73. The van der Waals surface area contributed by atoms with Crippen molar-refractivity contribution in [1.29, 1.82) is 0 Å². The van der Waals surface area contributed by atoms with Gasteiger partial charge in [-0.1, -0.05) is 12.1 Å². The molecule has 7 nitrogen and oxygen atoms in total. The number of halogens is 3. The van der Waals surface area contributed by atoms with Gasteiger partial charge in [-0.3, -0.25) is 19.6 Å². The van der Waals surface area contributed by atoms with Crippen molar-refractivity contribution >= 4 is 17.4 Å². The number of rotatable bonds is 5. The van der Waals surface area contributed by atoms with E-state index in [9.17, 15) is 28.1 Å². The van der Waals surface area contributed by atoms with Crippen LogP contribution in [0.3, 0.4) is 0 Å². The third-order valence-corrected chi connectivity index (χ3v) is 4.47. The van der Waals surface area contributed by atoms with Gasteiger partial charge in [0.2, 0.25) is 0 Å². The monoisotopic (exact) mass is 418 g/mol. The summed E-state index contributed by atoms with van der Waals surface area (Å²) >= 11 is 0. The van der Waals surface area contributed by atoms with Crippen molar-refractivity contribution in [2.45, 2.75) is 26.6 Å². The van der Waals surface area contributed by atoms with Gasteiger partial charge in [0.1, 0.15) is 0 Å². The van der Waals surface area contributed by atoms with E-state index < -0.39 is 22.6 Å². The van der Waals surface area contributed by atoms with Crippen molar-refractivity contribution in [3.8, 4) is 0 Å². The standard InChI is InChI=1S/C20H17F3N4O3/c1-12-8-15(6-7-17(12)27(29)30)19(28)24-18-9-13(2)26(25-18)11-14-4-3-5-16(10-14)20(21,22)23/h3-10H,11H2,1-2H3,(H,24,25,28). The van der Waals surface area contributed by atoms with Gasteiger partial charge in [-0.05, 0) is 43.7 Å². The fourth-order valence-corrected chi connectivity index (χ4v) is 2.94. The lowest BCUT2D eigenvalue weighted by molar-refractivity contribution is -0.385. The average molecular weight is 418 g/mol. The van der Waals surface area contributed by atoms with E-state index in [1.54, 1.807) is 19.1 Å². The van der Waals surface area contributed by atoms with Gasteiger partial charge in [0.05, 0.1) is 17.0 Å². The first-order valence-electron chi connectivity index (χ1n) is 8.81. The van der Waals surface area contributed by atoms with Crippen LogP contribution in [0.1, 0.15) is 32.7 Å². The highest BCUT2D eigenvalue weighted by Gasteiger charge is 2.30. The summed E-state index contributed by atoms with van der Waals surface area (Å²) in [6, 6.07) is 10.5. The van der Waals surface area contributed by atoms with Crippen LogP contribution in [0.25, 0.3) is 0 Å². The van der Waals surface area contributed by atoms with Gasteiger partial charge in [-0.25, -0.2) is 0 Å². The van der Waals surface area contributed by atoms with E-state index in [2.05, 4.69) is 10.4 Å². The zero-order chi connectivity index (χ0) is 22.1. The Balaban J connectivity index is 1.76. The van der Waals surface area contributed by atoms with Crippen molar-refractivity contribution in [2.24, 2.45) is 0 Å². The van der Waals surface area contributed by atoms with E-state index in [-0.39, 0.29) is 23.6 Å². The number of amides is 1. The molecule has 0 saturated heterocycles. The fourth-order valence-electron chi connectivity index (χ4n) is 2.94. The number of nitro benzene ring substituents is 1. The molecule has 0 aliphatic carbocycles. The maximum atomic E-state index is 12.9. The summed E-state index contributed by atoms with van der Waals surface area (Å²) in [5, 5.41) is 17.7. The smallest absolute Gasteiger partial charge is 0.305 e. The van der Waals surface area contributed by atoms with Crippen LogP contribution in [0.4, 0.5) is 24.7 Å². The number of nitro groups is 1. The molecule has 1 aromatic heterocycles. The first kappa shape index (κ1) is 21.0. The van der Waals surface area contributed by atoms with Crippen LogP contribution in [0, 0.1) is 24.0 Å². The van der Waals surface area contributed by atoms with Gasteiger partial charge in [0.15, 0.2) is 5.82 Å². The average Bonchev–Trinajstić information content (AvgIpc) is 2.99. The molecule has 1 heterocycles. The molecule has 3 rings (SSSR count). The first-order chi connectivity index (χ1) is 14.0. The normalized spacial score (nSPS) is 11.4. The summed E-state index contributed by atoms with van der Waals surface area (Å²) in [4.78, 5) is 22.8. The first-order valence-corrected chi connectivity index (χ1v) is 8.81. The second-order valence-electron chi connectivity index (χ2n) is 6.74. The van der Waals surface area contributed by atoms with Crippen LogP contribution in [-0.2, 0) is 12.7 Å². The number of nitrogens with zero attached hydrogens (tertiary/aromatic N) is 3. The minimum Gasteiger partial charge on any atom is -0.305 e. The van der Waals surface area contributed by atoms with E-state index >= 15 is 0 Å². The van der Waals surface area contributed by atoms with E-state index in [0.29, 0.717) is 16.8 Å². The fraction of sp³-hybridized carbons (Fsp3) is 0.200. The summed E-state index contributed by atoms with van der Waals surface area (Å²) in [7, 11) is 0. The molecule has 0 saturated carbocycles. The number of carbonyl (C=O) groups is 1. The van der Waals surface area contributed by atoms with E-state index in [1.165, 1.54) is 35.9 Å². The zero-order valence-electron chi connectivity index (χ0n) is 16.0. The number of aromatic nitrogens is 2. The number of aryl methyl sites for hydroxylation is 2. The number of carbonyl (C=O) groups excluding carboxylic acids is 1. The maximum Gasteiger partial charge on any atom is 0.416 e. The Bertz CT molecular complexity index is 1120. The number of alkyl halides is 3. The summed E-state index contributed by atoms with van der Waals surface area (Å²) in [6.45, 7) is 3.34. The molecule has 0 atom stereocenters. The quantitative estimate of drug-likeness (QED) is 0.479. The summed E-state index contributed by atoms with van der Waals surface area (Å²) in [5.41, 5.74) is 0.796. The minimum atomic E-state index is -4.43. The summed E-state index contributed by atoms with van der Waals surface area (Å²) < 4.78 is 40.1. The Kier molecular flexibility index (Phi) is 5.59. The Labute approximate surface area is 169 Å². The maximum absolute atomic E-state index is 12.9. The van der Waals surface area contributed by atoms with E-state index in [4.69, 9.17) is 0 Å². The Hall–Kier alpha value is -3.69. The minimum absolute atomic E-state index is 0.0900. The molecule has 10 heteroatoms. The molecule has 2 aromatic carbocycles. The molecule has 1 amide bonds. The molecule has 0 spiro atoms. The molecular weight excluding hydrogens is 401 g/mol. The second-order valence-corrected chi connectivity index (χ2v) is 6.74. The van der Waals surface area contributed by atoms with Crippen LogP contribution in [-0.4, -0.2) is 20.6 Å². The molecule has 0 aliphatic rings. The highest BCUT2D eigenvalue weighted by molar-refractivity contribution is 6.04. The van der Waals surface area contributed by atoms with Gasteiger partial charge >= 0.3 is 6.18 Å². The SMILES string of the molecule is Cc1cc(C(=O)Nc2cc(C)n(Cc3cccc(C(F)(F)F)c3)n2)ccc1[N+](=O)[O-]. The lowest BCUT2D eigenvalue weighted by Gasteiger charge is -2.09. The van der Waals surface area contributed by atoms with Gasteiger partial charge in [0.25, 0.3) is 11.6 Å². The van der Waals surface area contributed by atoms with Crippen LogP contribution in [0.15, 0.2) is 48.5 Å². The van der Waals surface area contributed by atoms with Gasteiger partial charge in [-0.15, -0.1) is 0 Å². The highest BCUT2D eigenvalue weighted by Crippen LogP contribution is 2.29. The molecule has 0 aliphatic heterocycles. The molecule has 156 valence electrons. The van der Waals surface area contributed by atoms with Crippen LogP contribution in [0.2, 0.25) is 0 Å². The van der Waals surface area contributed by atoms with E-state index in [1.807, 2.05) is 0 Å². The van der Waals surface area contributed by atoms with Gasteiger partial charge in [-0.2, -0.15) is 18.3 Å². The lowest BCUT2D eigenvalue weighted by atomic mass is 10.1. The molecule has 0 radical (unpaired) electrons. The molecule has 30 heavy (non-hydrogen) atoms. The van der Waals surface area contributed by atoms with E-state index in [0.717, 1.165) is 12.1 Å². The van der Waals surface area contributed by atoms with Gasteiger partial charge in [0, 0.05) is 29.0 Å². The predicted molar refractivity (Wildman–Crippen MR) is 103 cm³/mol. The van der Waals surface area contributed by atoms with Crippen molar-refractivity contribution < 1.29 is 22.9 Å². The molecule has 0 unspecified atom stereocenters.